The van der Waals surface area contributed by atoms with Crippen LogP contribution in [0.25, 0.3) is 0 Å². The fourth-order valence-electron chi connectivity index (χ4n) is 3.30. The fourth-order valence-corrected chi connectivity index (χ4v) is 3.95. The lowest BCUT2D eigenvalue weighted by molar-refractivity contribution is -0.148. The van der Waals surface area contributed by atoms with Gasteiger partial charge in [-0.05, 0) is 45.8 Å². The number of esters is 1. The molecule has 28 heavy (non-hydrogen) atoms. The van der Waals surface area contributed by atoms with Crippen LogP contribution in [-0.4, -0.2) is 55.0 Å². The molecule has 1 unspecified atom stereocenters. The summed E-state index contributed by atoms with van der Waals surface area (Å²) in [4.78, 5) is 28.8. The van der Waals surface area contributed by atoms with Crippen molar-refractivity contribution < 1.29 is 18.7 Å². The number of benzene rings is 2. The Morgan fingerprint density at radius 3 is 2.46 bits per heavy atom. The molecule has 1 aliphatic heterocycles. The number of nitrogens with zero attached hydrogens (tertiary/aromatic N) is 2. The first kappa shape index (κ1) is 20.8. The molecule has 0 N–H and O–H groups in total. The quantitative estimate of drug-likeness (QED) is 0.637. The van der Waals surface area contributed by atoms with Crippen LogP contribution < -0.4 is 0 Å². The Morgan fingerprint density at radius 1 is 1.14 bits per heavy atom. The molecular formula is C20H19BrClFN2O3. The van der Waals surface area contributed by atoms with E-state index < -0.39 is 17.8 Å². The average molecular weight is 470 g/mol. The third-order valence-electron chi connectivity index (χ3n) is 4.75. The Hall–Kier alpha value is -1.96. The number of amides is 1. The minimum atomic E-state index is -0.642. The maximum Gasteiger partial charge on any atom is 0.327 e. The van der Waals surface area contributed by atoms with Crippen LogP contribution in [0.15, 0.2) is 46.9 Å². The Balaban J connectivity index is 1.76. The van der Waals surface area contributed by atoms with Crippen molar-refractivity contribution in [1.29, 1.82) is 0 Å². The van der Waals surface area contributed by atoms with Gasteiger partial charge in [0.25, 0.3) is 5.91 Å². The van der Waals surface area contributed by atoms with Gasteiger partial charge in [0, 0.05) is 35.7 Å². The third kappa shape index (κ3) is 4.37. The molecule has 0 bridgehead atoms. The van der Waals surface area contributed by atoms with Gasteiger partial charge < -0.3 is 9.64 Å². The van der Waals surface area contributed by atoms with Crippen LogP contribution in [0, 0.1) is 5.82 Å². The van der Waals surface area contributed by atoms with Crippen LogP contribution in [0.3, 0.4) is 0 Å². The fraction of sp³-hybridized carbons (Fsp3) is 0.300. The summed E-state index contributed by atoms with van der Waals surface area (Å²) in [5.74, 6) is -1.12. The first-order valence-corrected chi connectivity index (χ1v) is 9.90. The maximum absolute atomic E-state index is 13.5. The lowest BCUT2D eigenvalue weighted by Crippen LogP contribution is -2.51. The molecule has 3 rings (SSSR count). The molecule has 1 saturated heterocycles. The van der Waals surface area contributed by atoms with Crippen molar-refractivity contribution in [1.82, 2.24) is 9.80 Å². The van der Waals surface area contributed by atoms with E-state index in [2.05, 4.69) is 15.9 Å². The van der Waals surface area contributed by atoms with Gasteiger partial charge in [-0.15, -0.1) is 0 Å². The lowest BCUT2D eigenvalue weighted by Gasteiger charge is -2.38. The number of halogens is 3. The van der Waals surface area contributed by atoms with E-state index in [4.69, 9.17) is 16.3 Å². The summed E-state index contributed by atoms with van der Waals surface area (Å²) >= 11 is 9.59. The highest BCUT2D eigenvalue weighted by atomic mass is 79.9. The van der Waals surface area contributed by atoms with Gasteiger partial charge in [0.15, 0.2) is 0 Å². The number of rotatable bonds is 4. The molecule has 8 heteroatoms. The number of carbonyl (C=O) groups excluding carboxylic acids is 2. The van der Waals surface area contributed by atoms with E-state index in [1.807, 2.05) is 11.0 Å². The van der Waals surface area contributed by atoms with Crippen molar-refractivity contribution in [2.75, 3.05) is 33.3 Å². The molecule has 0 aliphatic carbocycles. The van der Waals surface area contributed by atoms with Crippen molar-refractivity contribution in [2.45, 2.75) is 6.04 Å². The number of carbonyl (C=O) groups is 2. The van der Waals surface area contributed by atoms with E-state index in [1.54, 1.807) is 23.1 Å². The molecule has 1 amide bonds. The van der Waals surface area contributed by atoms with Crippen LogP contribution in [0.1, 0.15) is 22.0 Å². The van der Waals surface area contributed by atoms with Crippen molar-refractivity contribution >= 4 is 39.4 Å². The number of hydrogen-bond donors (Lipinski definition) is 0. The van der Waals surface area contributed by atoms with Crippen LogP contribution in [0.4, 0.5) is 4.39 Å². The SMILES string of the molecule is COC(=O)C(c1ccccc1Cl)N1CCN(C(=O)c2cc(F)ccc2Br)CC1. The van der Waals surface area contributed by atoms with Gasteiger partial charge in [-0.25, -0.2) is 9.18 Å². The minimum absolute atomic E-state index is 0.251. The van der Waals surface area contributed by atoms with E-state index in [9.17, 15) is 14.0 Å². The highest BCUT2D eigenvalue weighted by Gasteiger charge is 2.34. The summed E-state index contributed by atoms with van der Waals surface area (Å²) in [6.07, 6.45) is 0. The van der Waals surface area contributed by atoms with E-state index in [1.165, 1.54) is 25.3 Å². The zero-order chi connectivity index (χ0) is 20.3. The van der Waals surface area contributed by atoms with Crippen molar-refractivity contribution in [3.63, 3.8) is 0 Å². The Morgan fingerprint density at radius 2 is 1.82 bits per heavy atom. The highest BCUT2D eigenvalue weighted by Crippen LogP contribution is 2.30. The minimum Gasteiger partial charge on any atom is -0.468 e. The largest absolute Gasteiger partial charge is 0.468 e. The number of ether oxygens (including phenoxy) is 1. The summed E-state index contributed by atoms with van der Waals surface area (Å²) in [5.41, 5.74) is 0.952. The lowest BCUT2D eigenvalue weighted by atomic mass is 10.0. The number of piperazine rings is 1. The second-order valence-corrected chi connectivity index (χ2v) is 7.66. The molecule has 1 heterocycles. The standard InChI is InChI=1S/C20H19BrClFN2O3/c1-28-20(27)18(14-4-2-3-5-17(14)22)24-8-10-25(11-9-24)19(26)15-12-13(23)6-7-16(15)21/h2-7,12,18H,8-11H2,1H3. The zero-order valence-electron chi connectivity index (χ0n) is 15.2. The van der Waals surface area contributed by atoms with Gasteiger partial charge in [0.1, 0.15) is 11.9 Å². The molecule has 0 spiro atoms. The molecule has 0 saturated carbocycles. The summed E-state index contributed by atoms with van der Waals surface area (Å²) in [6, 6.07) is 10.5. The number of methoxy groups -OCH3 is 1. The van der Waals surface area contributed by atoms with Crippen LogP contribution in [0.2, 0.25) is 5.02 Å². The van der Waals surface area contributed by atoms with Crippen molar-refractivity contribution in [3.05, 3.63) is 68.9 Å². The molecule has 2 aromatic rings. The first-order valence-electron chi connectivity index (χ1n) is 8.73. The van der Waals surface area contributed by atoms with Crippen LogP contribution >= 0.6 is 27.5 Å². The normalized spacial score (nSPS) is 15.9. The van der Waals surface area contributed by atoms with E-state index >= 15 is 0 Å². The van der Waals surface area contributed by atoms with Gasteiger partial charge in [0.05, 0.1) is 12.7 Å². The Kier molecular flexibility index (Phi) is 6.69. The predicted molar refractivity (Wildman–Crippen MR) is 108 cm³/mol. The van der Waals surface area contributed by atoms with E-state index in [-0.39, 0.29) is 11.5 Å². The summed E-state index contributed by atoms with van der Waals surface area (Å²) < 4.78 is 19.1. The molecule has 0 aromatic heterocycles. The second kappa shape index (κ2) is 9.03. The van der Waals surface area contributed by atoms with Crippen molar-refractivity contribution in [2.24, 2.45) is 0 Å². The van der Waals surface area contributed by atoms with Crippen LogP contribution in [-0.2, 0) is 9.53 Å². The predicted octanol–water partition coefficient (Wildman–Crippen LogP) is 3.91. The molecule has 1 aliphatic rings. The van der Waals surface area contributed by atoms with Gasteiger partial charge in [-0.1, -0.05) is 29.8 Å². The maximum atomic E-state index is 13.5. The molecule has 5 nitrogen and oxygen atoms in total. The summed E-state index contributed by atoms with van der Waals surface area (Å²) in [5, 5.41) is 0.486. The molecular weight excluding hydrogens is 451 g/mol. The molecule has 148 valence electrons. The smallest absolute Gasteiger partial charge is 0.327 e. The third-order valence-corrected chi connectivity index (χ3v) is 5.79. The van der Waals surface area contributed by atoms with Crippen LogP contribution in [0.5, 0.6) is 0 Å². The van der Waals surface area contributed by atoms with Gasteiger partial charge in [0.2, 0.25) is 0 Å². The monoisotopic (exact) mass is 468 g/mol. The van der Waals surface area contributed by atoms with Gasteiger partial charge in [-0.2, -0.15) is 0 Å². The van der Waals surface area contributed by atoms with Gasteiger partial charge in [-0.3, -0.25) is 9.69 Å². The summed E-state index contributed by atoms with van der Waals surface area (Å²) in [6.45, 7) is 1.73. The molecule has 1 fully saturated rings. The molecule has 1 atom stereocenters. The first-order chi connectivity index (χ1) is 13.4. The molecule has 0 radical (unpaired) electrons. The Bertz CT molecular complexity index is 888. The summed E-state index contributed by atoms with van der Waals surface area (Å²) in [7, 11) is 1.34. The van der Waals surface area contributed by atoms with Gasteiger partial charge >= 0.3 is 5.97 Å². The van der Waals surface area contributed by atoms with E-state index in [0.29, 0.717) is 41.2 Å². The zero-order valence-corrected chi connectivity index (χ0v) is 17.5. The van der Waals surface area contributed by atoms with Crippen molar-refractivity contribution in [3.8, 4) is 0 Å². The average Bonchev–Trinajstić information content (AvgIpc) is 2.71. The number of hydrogen-bond acceptors (Lipinski definition) is 4. The Labute approximate surface area is 176 Å². The molecule has 2 aromatic carbocycles. The highest BCUT2D eigenvalue weighted by molar-refractivity contribution is 9.10. The second-order valence-electron chi connectivity index (χ2n) is 6.40. The van der Waals surface area contributed by atoms with E-state index in [0.717, 1.165) is 0 Å². The topological polar surface area (TPSA) is 49.9 Å².